The Kier molecular flexibility index (Phi) is 15.5. The first-order valence-electron chi connectivity index (χ1n) is 26.6. The third-order valence-electron chi connectivity index (χ3n) is 19.9. The standard InChI is InChI=1S/C50H82O21/c1-20-8-13-50(64-17-20)21(2)32-29(71-50)15-27-25-7-6-23-14-24(9-11-48(23,4)26(25)10-12-49(27,32)5)66-47-43(70-46-40(60)37(57)35(55)30(16-51)67-46)41(61)42(69-45-38(58)34(54)28(52)18-62-45)31(68-47)19-63-44-39(59)36(56)33(53)22(3)65-44/h20-47,51-61H,6-19H2,1-5H3/t20-,21-,22-,23+,24-,25+,26-,27-,28+,29-,30+,31+,32-,33-,34-,35+,36+,37-,38+,39+,40+,41-,42+,43+,44-,45-,46-,47+,48-,49-,50+/m0/s1. The van der Waals surface area contributed by atoms with Crippen LogP contribution in [0.5, 0.6) is 0 Å². The highest BCUT2D eigenvalue weighted by Crippen LogP contribution is 2.71. The molecule has 0 aromatic carbocycles. The maximum absolute atomic E-state index is 12.4. The van der Waals surface area contributed by atoms with Gasteiger partial charge < -0.3 is 104 Å². The van der Waals surface area contributed by atoms with Crippen LogP contribution < -0.4 is 0 Å². The number of fused-ring (bicyclic) bond motifs is 7. The summed E-state index contributed by atoms with van der Waals surface area (Å²) in [6.45, 7) is 10.1. The molecular formula is C50H82O21. The lowest BCUT2D eigenvalue weighted by atomic mass is 9.44. The van der Waals surface area contributed by atoms with Gasteiger partial charge in [0, 0.05) is 12.3 Å². The molecule has 10 aliphatic rings. The fourth-order valence-electron chi connectivity index (χ4n) is 15.7. The predicted molar refractivity (Wildman–Crippen MR) is 241 cm³/mol. The third kappa shape index (κ3) is 9.30. The SMILES string of the molecule is C[C@H]1CC[C@@]2(OC1)O[C@H]1C[C@H]3[C@@H]4CC[C@@H]5C[C@@H](O[C@@H]6O[C@H](CO[C@H]7O[C@@H](C)[C@H](O)[C@@H](O)[C@H]7O)[C@@H](O[C@@H]7OC[C@@H](O)[C@H](O)[C@H]7O)[C@H](O)[C@H]6O[C@@H]6O[C@H](CO)[C@@H](O)[C@H](O)[C@H]6O)CC[C@]5(C)[C@H]4CC[C@]3(C)[C@H]1[C@@H]2C. The molecule has 31 atom stereocenters. The van der Waals surface area contributed by atoms with Gasteiger partial charge in [-0.25, -0.2) is 0 Å². The maximum atomic E-state index is 12.4. The molecule has 0 unspecified atom stereocenters. The monoisotopic (exact) mass is 1020 g/mol. The second kappa shape index (κ2) is 20.5. The normalized spacial score (nSPS) is 58.5. The van der Waals surface area contributed by atoms with Crippen LogP contribution >= 0.6 is 0 Å². The van der Waals surface area contributed by atoms with Crippen molar-refractivity contribution in [3.05, 3.63) is 0 Å². The molecule has 6 saturated heterocycles. The van der Waals surface area contributed by atoms with Gasteiger partial charge in [0.25, 0.3) is 0 Å². The summed E-state index contributed by atoms with van der Waals surface area (Å²) in [5.41, 5.74) is 0.200. The summed E-state index contributed by atoms with van der Waals surface area (Å²) in [4.78, 5) is 0. The van der Waals surface area contributed by atoms with Gasteiger partial charge in [-0.15, -0.1) is 0 Å². The fraction of sp³-hybridized carbons (Fsp3) is 1.00. The van der Waals surface area contributed by atoms with Gasteiger partial charge >= 0.3 is 0 Å². The molecular weight excluding hydrogens is 937 g/mol. The van der Waals surface area contributed by atoms with E-state index in [1.165, 1.54) is 6.92 Å². The molecule has 10 rings (SSSR count). The van der Waals surface area contributed by atoms with E-state index in [1.807, 2.05) is 0 Å². The van der Waals surface area contributed by atoms with Crippen molar-refractivity contribution >= 4 is 0 Å². The van der Waals surface area contributed by atoms with Crippen LogP contribution in [-0.4, -0.2) is 217 Å². The fourth-order valence-corrected chi connectivity index (χ4v) is 15.7. The van der Waals surface area contributed by atoms with Crippen molar-refractivity contribution in [2.24, 2.45) is 52.3 Å². The van der Waals surface area contributed by atoms with Crippen LogP contribution in [0.2, 0.25) is 0 Å². The molecule has 71 heavy (non-hydrogen) atoms. The molecule has 0 aromatic heterocycles. The Morgan fingerprint density at radius 3 is 1.99 bits per heavy atom. The zero-order chi connectivity index (χ0) is 50.6. The van der Waals surface area contributed by atoms with Gasteiger partial charge in [-0.2, -0.15) is 0 Å². The Bertz CT molecular complexity index is 1810. The minimum Gasteiger partial charge on any atom is -0.394 e. The molecule has 0 bridgehead atoms. The van der Waals surface area contributed by atoms with Crippen LogP contribution in [0.3, 0.4) is 0 Å². The third-order valence-corrected chi connectivity index (χ3v) is 19.9. The Balaban J connectivity index is 0.881. The first kappa shape index (κ1) is 53.6. The van der Waals surface area contributed by atoms with Crippen molar-refractivity contribution in [2.45, 2.75) is 234 Å². The number of rotatable bonds is 10. The summed E-state index contributed by atoms with van der Waals surface area (Å²) in [5, 5.41) is 118. The smallest absolute Gasteiger partial charge is 0.187 e. The lowest BCUT2D eigenvalue weighted by Crippen LogP contribution is -2.67. The van der Waals surface area contributed by atoms with Gasteiger partial charge in [0.15, 0.2) is 30.9 Å². The van der Waals surface area contributed by atoms with Crippen LogP contribution in [0.1, 0.15) is 98.8 Å². The van der Waals surface area contributed by atoms with E-state index >= 15 is 0 Å². The van der Waals surface area contributed by atoms with E-state index in [1.54, 1.807) is 0 Å². The highest BCUT2D eigenvalue weighted by atomic mass is 16.8. The van der Waals surface area contributed by atoms with Crippen molar-refractivity contribution in [1.82, 2.24) is 0 Å². The second-order valence-electron chi connectivity index (χ2n) is 23.9. The number of aliphatic hydroxyl groups is 11. The molecule has 1 spiro atoms. The van der Waals surface area contributed by atoms with Gasteiger partial charge in [0.2, 0.25) is 0 Å². The van der Waals surface area contributed by atoms with E-state index in [0.717, 1.165) is 58.0 Å². The van der Waals surface area contributed by atoms with E-state index in [2.05, 4.69) is 27.7 Å². The molecule has 4 saturated carbocycles. The average molecular weight is 1020 g/mol. The van der Waals surface area contributed by atoms with E-state index in [4.69, 9.17) is 47.4 Å². The van der Waals surface area contributed by atoms with Crippen molar-refractivity contribution in [2.75, 3.05) is 26.4 Å². The molecule has 21 nitrogen and oxygen atoms in total. The van der Waals surface area contributed by atoms with Gasteiger partial charge in [-0.3, -0.25) is 0 Å². The van der Waals surface area contributed by atoms with Gasteiger partial charge in [0.1, 0.15) is 85.5 Å². The molecule has 21 heteroatoms. The second-order valence-corrected chi connectivity index (χ2v) is 23.9. The van der Waals surface area contributed by atoms with Crippen LogP contribution in [-0.2, 0) is 47.4 Å². The Morgan fingerprint density at radius 1 is 0.563 bits per heavy atom. The summed E-state index contributed by atoms with van der Waals surface area (Å²) >= 11 is 0. The van der Waals surface area contributed by atoms with Crippen LogP contribution in [0, 0.1) is 52.3 Å². The minimum atomic E-state index is -1.88. The summed E-state index contributed by atoms with van der Waals surface area (Å²) in [6.07, 6.45) is -20.7. The van der Waals surface area contributed by atoms with Crippen LogP contribution in [0.4, 0.5) is 0 Å². The van der Waals surface area contributed by atoms with Crippen molar-refractivity contribution in [3.63, 3.8) is 0 Å². The predicted octanol–water partition coefficient (Wildman–Crippen LogP) is -1.24. The van der Waals surface area contributed by atoms with Gasteiger partial charge in [-0.1, -0.05) is 27.7 Å². The largest absolute Gasteiger partial charge is 0.394 e. The molecule has 11 N–H and O–H groups in total. The number of ether oxygens (including phenoxy) is 10. The average Bonchev–Trinajstić information content (AvgIpc) is 3.80. The summed E-state index contributed by atoms with van der Waals surface area (Å²) < 4.78 is 62.4. The molecule has 0 amide bonds. The minimum absolute atomic E-state index is 0.0294. The highest BCUT2D eigenvalue weighted by Gasteiger charge is 2.69. The molecule has 4 aliphatic carbocycles. The summed E-state index contributed by atoms with van der Waals surface area (Å²) in [7, 11) is 0. The van der Waals surface area contributed by atoms with Crippen LogP contribution in [0.25, 0.3) is 0 Å². The lowest BCUT2D eigenvalue weighted by molar-refractivity contribution is -0.392. The lowest BCUT2D eigenvalue weighted by Gasteiger charge is -2.61. The van der Waals surface area contributed by atoms with Crippen molar-refractivity contribution in [1.29, 1.82) is 0 Å². The van der Waals surface area contributed by atoms with Crippen molar-refractivity contribution < 1.29 is 104 Å². The van der Waals surface area contributed by atoms with E-state index in [9.17, 15) is 56.2 Å². The summed E-state index contributed by atoms with van der Waals surface area (Å²) in [5.74, 6) is 2.80. The van der Waals surface area contributed by atoms with Gasteiger partial charge in [-0.05, 0) is 111 Å². The quantitative estimate of drug-likeness (QED) is 0.114. The van der Waals surface area contributed by atoms with E-state index in [-0.39, 0.29) is 22.9 Å². The molecule has 408 valence electrons. The summed E-state index contributed by atoms with van der Waals surface area (Å²) in [6, 6.07) is 0. The van der Waals surface area contributed by atoms with Crippen LogP contribution in [0.15, 0.2) is 0 Å². The van der Waals surface area contributed by atoms with Gasteiger partial charge in [0.05, 0.1) is 44.7 Å². The zero-order valence-corrected chi connectivity index (χ0v) is 41.6. The Hall–Kier alpha value is -0.840. The molecule has 6 aliphatic heterocycles. The van der Waals surface area contributed by atoms with E-state index in [0.29, 0.717) is 48.3 Å². The molecule has 6 heterocycles. The molecule has 10 fully saturated rings. The Morgan fingerprint density at radius 2 is 1.25 bits per heavy atom. The van der Waals surface area contributed by atoms with Crippen molar-refractivity contribution in [3.8, 4) is 0 Å². The number of aliphatic hydroxyl groups excluding tert-OH is 11. The highest BCUT2D eigenvalue weighted by molar-refractivity contribution is 5.15. The van der Waals surface area contributed by atoms with E-state index < -0.39 is 148 Å². The zero-order valence-electron chi connectivity index (χ0n) is 41.6. The first-order valence-corrected chi connectivity index (χ1v) is 26.6. The maximum Gasteiger partial charge on any atom is 0.187 e. The molecule has 0 aromatic rings. The molecule has 0 radical (unpaired) electrons. The number of hydrogen-bond acceptors (Lipinski definition) is 21. The first-order chi connectivity index (χ1) is 33.7. The number of hydrogen-bond donors (Lipinski definition) is 11. The Labute approximate surface area is 414 Å². The topological polar surface area (TPSA) is 315 Å².